The fraction of sp³-hybridized carbons (Fsp3) is 0.200. The molecular weight excluding hydrogens is 292 g/mol. The molecule has 76 valence electrons. The van der Waals surface area contributed by atoms with Crippen molar-refractivity contribution in [1.82, 2.24) is 9.36 Å². The van der Waals surface area contributed by atoms with Gasteiger partial charge in [-0.1, -0.05) is 18.2 Å². The van der Waals surface area contributed by atoms with E-state index in [2.05, 4.69) is 49.6 Å². The minimum Gasteiger partial charge on any atom is -0.213 e. The number of hydrogen-bond donors (Lipinski definition) is 0. The molecule has 0 amide bonds. The lowest BCUT2D eigenvalue weighted by Crippen LogP contribution is -1.98. The third-order valence-corrected chi connectivity index (χ3v) is 5.01. The fourth-order valence-corrected chi connectivity index (χ4v) is 4.27. The largest absolute Gasteiger partial charge is 0.213 e. The van der Waals surface area contributed by atoms with Crippen LogP contribution in [0.25, 0.3) is 0 Å². The van der Waals surface area contributed by atoms with E-state index in [1.54, 1.807) is 0 Å². The van der Waals surface area contributed by atoms with Crippen molar-refractivity contribution in [2.24, 2.45) is 0 Å². The van der Waals surface area contributed by atoms with Gasteiger partial charge in [0.2, 0.25) is 4.73 Å². The topological polar surface area (TPSA) is 25.8 Å². The van der Waals surface area contributed by atoms with Crippen molar-refractivity contribution in [3.05, 3.63) is 39.6 Å². The summed E-state index contributed by atoms with van der Waals surface area (Å²) >= 11 is 6.69. The summed E-state index contributed by atoms with van der Waals surface area (Å²) in [6.45, 7) is 0. The molecule has 2 nitrogen and oxygen atoms in total. The molecule has 1 aromatic carbocycles. The SMILES string of the molecule is Brc1nsc(C2CSc3ccccc32)n1. The van der Waals surface area contributed by atoms with E-state index in [1.807, 2.05) is 11.8 Å². The first-order chi connectivity index (χ1) is 7.34. The van der Waals surface area contributed by atoms with Crippen molar-refractivity contribution >= 4 is 39.2 Å². The molecular formula is C10H7BrN2S2. The molecule has 15 heavy (non-hydrogen) atoms. The number of aromatic nitrogens is 2. The molecule has 1 aliphatic heterocycles. The highest BCUT2D eigenvalue weighted by molar-refractivity contribution is 9.10. The lowest BCUT2D eigenvalue weighted by atomic mass is 10.0. The Morgan fingerprint density at radius 3 is 3.00 bits per heavy atom. The van der Waals surface area contributed by atoms with Gasteiger partial charge in [-0.25, -0.2) is 4.98 Å². The Balaban J connectivity index is 2.04. The van der Waals surface area contributed by atoms with Crippen molar-refractivity contribution < 1.29 is 0 Å². The first-order valence-corrected chi connectivity index (χ1v) is 7.10. The van der Waals surface area contributed by atoms with Crippen LogP contribution in [0.4, 0.5) is 0 Å². The van der Waals surface area contributed by atoms with Gasteiger partial charge in [0.25, 0.3) is 0 Å². The van der Waals surface area contributed by atoms with Crippen LogP contribution in [0.5, 0.6) is 0 Å². The summed E-state index contributed by atoms with van der Waals surface area (Å²) in [5, 5.41) is 1.11. The summed E-state index contributed by atoms with van der Waals surface area (Å²) in [6.07, 6.45) is 0. The van der Waals surface area contributed by atoms with Gasteiger partial charge in [-0.05, 0) is 39.1 Å². The second kappa shape index (κ2) is 3.88. The summed E-state index contributed by atoms with van der Waals surface area (Å²) in [5.74, 6) is 1.51. The first-order valence-electron chi connectivity index (χ1n) is 4.55. The highest BCUT2D eigenvalue weighted by Gasteiger charge is 2.26. The van der Waals surface area contributed by atoms with Gasteiger partial charge < -0.3 is 0 Å². The number of rotatable bonds is 1. The standard InChI is InChI=1S/C10H7BrN2S2/c11-10-12-9(15-13-10)7-5-14-8-4-2-1-3-6(7)8/h1-4,7H,5H2. The zero-order valence-corrected chi connectivity index (χ0v) is 10.9. The molecule has 0 saturated heterocycles. The van der Waals surface area contributed by atoms with Gasteiger partial charge >= 0.3 is 0 Å². The van der Waals surface area contributed by atoms with E-state index < -0.39 is 0 Å². The van der Waals surface area contributed by atoms with Crippen LogP contribution in [0.1, 0.15) is 16.5 Å². The van der Waals surface area contributed by atoms with E-state index >= 15 is 0 Å². The molecule has 1 unspecified atom stereocenters. The maximum absolute atomic E-state index is 4.40. The van der Waals surface area contributed by atoms with Crippen molar-refractivity contribution in [2.75, 3.05) is 5.75 Å². The Hall–Kier alpha value is -0.390. The number of benzene rings is 1. The van der Waals surface area contributed by atoms with Crippen LogP contribution in [0.2, 0.25) is 0 Å². The first kappa shape index (κ1) is 9.81. The molecule has 2 aromatic rings. The van der Waals surface area contributed by atoms with Gasteiger partial charge in [-0.2, -0.15) is 4.37 Å². The van der Waals surface area contributed by atoms with E-state index in [0.717, 1.165) is 10.8 Å². The third kappa shape index (κ3) is 1.73. The summed E-state index contributed by atoms with van der Waals surface area (Å²) in [4.78, 5) is 5.79. The normalized spacial score (nSPS) is 19.1. The van der Waals surface area contributed by atoms with E-state index in [0.29, 0.717) is 10.7 Å². The molecule has 1 atom stereocenters. The average Bonchev–Trinajstić information content (AvgIpc) is 2.83. The highest BCUT2D eigenvalue weighted by Crippen LogP contribution is 2.43. The molecule has 2 heterocycles. The van der Waals surface area contributed by atoms with Crippen molar-refractivity contribution in [3.8, 4) is 0 Å². The predicted molar refractivity (Wildman–Crippen MR) is 66.6 cm³/mol. The molecule has 3 rings (SSSR count). The third-order valence-electron chi connectivity index (χ3n) is 2.41. The molecule has 0 aliphatic carbocycles. The number of fused-ring (bicyclic) bond motifs is 1. The Labute approximate surface area is 104 Å². The second-order valence-electron chi connectivity index (χ2n) is 3.30. The molecule has 5 heteroatoms. The zero-order valence-electron chi connectivity index (χ0n) is 7.68. The van der Waals surface area contributed by atoms with Gasteiger partial charge in [-0.3, -0.25) is 0 Å². The quantitative estimate of drug-likeness (QED) is 0.805. The fourth-order valence-electron chi connectivity index (χ4n) is 1.72. The van der Waals surface area contributed by atoms with Crippen molar-refractivity contribution in [2.45, 2.75) is 10.8 Å². The molecule has 0 spiro atoms. The van der Waals surface area contributed by atoms with Crippen LogP contribution < -0.4 is 0 Å². The highest BCUT2D eigenvalue weighted by atomic mass is 79.9. The second-order valence-corrected chi connectivity index (χ2v) is 5.86. The molecule has 0 N–H and O–H groups in total. The Bertz CT molecular complexity index is 498. The minimum atomic E-state index is 0.426. The van der Waals surface area contributed by atoms with E-state index in [-0.39, 0.29) is 0 Å². The van der Waals surface area contributed by atoms with Crippen molar-refractivity contribution in [3.63, 3.8) is 0 Å². The van der Waals surface area contributed by atoms with Crippen LogP contribution in [0, 0.1) is 0 Å². The molecule has 0 radical (unpaired) electrons. The van der Waals surface area contributed by atoms with E-state index in [1.165, 1.54) is 22.0 Å². The van der Waals surface area contributed by atoms with Crippen LogP contribution in [-0.4, -0.2) is 15.1 Å². The monoisotopic (exact) mass is 298 g/mol. The van der Waals surface area contributed by atoms with E-state index in [9.17, 15) is 0 Å². The van der Waals surface area contributed by atoms with Crippen LogP contribution in [0.15, 0.2) is 33.9 Å². The number of hydrogen-bond acceptors (Lipinski definition) is 4. The number of nitrogens with zero attached hydrogens (tertiary/aromatic N) is 2. The Morgan fingerprint density at radius 2 is 2.20 bits per heavy atom. The van der Waals surface area contributed by atoms with Crippen LogP contribution in [0.3, 0.4) is 0 Å². The zero-order chi connectivity index (χ0) is 10.3. The molecule has 0 saturated carbocycles. The summed E-state index contributed by atoms with van der Waals surface area (Å²) in [7, 11) is 0. The maximum Gasteiger partial charge on any atom is 0.209 e. The van der Waals surface area contributed by atoms with Gasteiger partial charge in [0.05, 0.1) is 0 Å². The number of thioether (sulfide) groups is 1. The van der Waals surface area contributed by atoms with Gasteiger partial charge in [0.1, 0.15) is 5.01 Å². The molecule has 0 bridgehead atoms. The molecule has 1 aromatic heterocycles. The van der Waals surface area contributed by atoms with Crippen LogP contribution in [-0.2, 0) is 0 Å². The lowest BCUT2D eigenvalue weighted by molar-refractivity contribution is 0.913. The van der Waals surface area contributed by atoms with Crippen molar-refractivity contribution in [1.29, 1.82) is 0 Å². The molecule has 1 aliphatic rings. The molecule has 0 fully saturated rings. The number of halogens is 1. The van der Waals surface area contributed by atoms with Crippen LogP contribution >= 0.6 is 39.2 Å². The Kier molecular flexibility index (Phi) is 2.54. The summed E-state index contributed by atoms with van der Waals surface area (Å²) < 4.78 is 4.88. The smallest absolute Gasteiger partial charge is 0.209 e. The maximum atomic E-state index is 4.40. The average molecular weight is 299 g/mol. The summed E-state index contributed by atoms with van der Waals surface area (Å²) in [6, 6.07) is 8.55. The Morgan fingerprint density at radius 1 is 1.33 bits per heavy atom. The predicted octanol–water partition coefficient (Wildman–Crippen LogP) is 3.54. The van der Waals surface area contributed by atoms with Gasteiger partial charge in [0.15, 0.2) is 0 Å². The van der Waals surface area contributed by atoms with Gasteiger partial charge in [0, 0.05) is 16.6 Å². The lowest BCUT2D eigenvalue weighted by Gasteiger charge is -2.04. The van der Waals surface area contributed by atoms with E-state index in [4.69, 9.17) is 0 Å². The minimum absolute atomic E-state index is 0.426. The summed E-state index contributed by atoms with van der Waals surface area (Å²) in [5.41, 5.74) is 1.39. The van der Waals surface area contributed by atoms with Gasteiger partial charge in [-0.15, -0.1) is 11.8 Å².